The molecule has 0 fully saturated rings. The highest BCUT2D eigenvalue weighted by Crippen LogP contribution is 2.45. The molecule has 1 aromatic rings. The number of fused-ring (bicyclic) bond motifs is 1. The van der Waals surface area contributed by atoms with Gasteiger partial charge >= 0.3 is 5.97 Å². The second-order valence-corrected chi connectivity index (χ2v) is 5.16. The van der Waals surface area contributed by atoms with Crippen LogP contribution in [0.3, 0.4) is 0 Å². The van der Waals surface area contributed by atoms with E-state index in [-0.39, 0.29) is 12.2 Å². The zero-order chi connectivity index (χ0) is 18.3. The van der Waals surface area contributed by atoms with Crippen LogP contribution in [0.5, 0.6) is 11.5 Å². The summed E-state index contributed by atoms with van der Waals surface area (Å²) in [7, 11) is 1.57. The number of hydrogen-bond donors (Lipinski definition) is 2. The second-order valence-electron chi connectivity index (χ2n) is 5.16. The average Bonchev–Trinajstić information content (AvgIpc) is 2.95. The maximum Gasteiger partial charge on any atom is 0.303 e. The van der Waals surface area contributed by atoms with Crippen LogP contribution in [0.25, 0.3) is 5.76 Å². The predicted molar refractivity (Wildman–Crippen MR) is 94.3 cm³/mol. The van der Waals surface area contributed by atoms with Crippen LogP contribution in [-0.4, -0.2) is 23.3 Å². The van der Waals surface area contributed by atoms with Gasteiger partial charge in [-0.25, -0.2) is 0 Å². The fourth-order valence-corrected chi connectivity index (χ4v) is 2.66. The number of carboxylic acids is 1. The third kappa shape index (κ3) is 4.10. The molecule has 0 amide bonds. The van der Waals surface area contributed by atoms with Gasteiger partial charge in [-0.2, -0.15) is 0 Å². The molecule has 0 saturated heterocycles. The van der Waals surface area contributed by atoms with Gasteiger partial charge in [0.15, 0.2) is 0 Å². The SMILES string of the molecule is C=C1OCc2c(C)c(OC)c(C/C=C/CCC(=O)O)c(O)c21.CC. The summed E-state index contributed by atoms with van der Waals surface area (Å²) in [4.78, 5) is 10.5. The van der Waals surface area contributed by atoms with Crippen molar-refractivity contribution in [2.75, 3.05) is 7.11 Å². The van der Waals surface area contributed by atoms with Crippen molar-refractivity contribution in [3.05, 3.63) is 41.0 Å². The van der Waals surface area contributed by atoms with Gasteiger partial charge in [0.1, 0.15) is 23.9 Å². The summed E-state index contributed by atoms with van der Waals surface area (Å²) < 4.78 is 10.9. The van der Waals surface area contributed by atoms with Crippen molar-refractivity contribution >= 4 is 11.7 Å². The van der Waals surface area contributed by atoms with Crippen molar-refractivity contribution in [3.8, 4) is 11.5 Å². The zero-order valence-corrected chi connectivity index (χ0v) is 14.8. The van der Waals surface area contributed by atoms with Crippen molar-refractivity contribution < 1.29 is 24.5 Å². The molecule has 5 heteroatoms. The maximum absolute atomic E-state index is 10.5. The highest BCUT2D eigenvalue weighted by atomic mass is 16.5. The van der Waals surface area contributed by atoms with Crippen LogP contribution in [0, 0.1) is 6.92 Å². The Morgan fingerprint density at radius 2 is 2.04 bits per heavy atom. The van der Waals surface area contributed by atoms with Crippen molar-refractivity contribution in [1.82, 2.24) is 0 Å². The van der Waals surface area contributed by atoms with Gasteiger partial charge in [-0.1, -0.05) is 32.6 Å². The van der Waals surface area contributed by atoms with Crippen molar-refractivity contribution in [2.24, 2.45) is 0 Å². The second kappa shape index (κ2) is 9.01. The fraction of sp³-hybridized carbons (Fsp3) is 0.421. The minimum atomic E-state index is -0.827. The Labute approximate surface area is 143 Å². The van der Waals surface area contributed by atoms with E-state index >= 15 is 0 Å². The first kappa shape index (κ1) is 19.6. The number of rotatable bonds is 6. The normalized spacial score (nSPS) is 12.4. The van der Waals surface area contributed by atoms with E-state index in [1.165, 1.54) is 0 Å². The topological polar surface area (TPSA) is 76.0 Å². The molecule has 0 aliphatic carbocycles. The Kier molecular flexibility index (Phi) is 7.36. The number of aromatic hydroxyl groups is 1. The van der Waals surface area contributed by atoms with Gasteiger partial charge in [0.05, 0.1) is 12.7 Å². The number of phenols is 1. The van der Waals surface area contributed by atoms with Gasteiger partial charge < -0.3 is 19.7 Å². The maximum atomic E-state index is 10.5. The third-order valence-corrected chi connectivity index (χ3v) is 3.78. The third-order valence-electron chi connectivity index (χ3n) is 3.78. The molecule has 1 heterocycles. The van der Waals surface area contributed by atoms with Crippen LogP contribution in [0.15, 0.2) is 18.7 Å². The minimum absolute atomic E-state index is 0.0908. The molecule has 0 bridgehead atoms. The van der Waals surface area contributed by atoms with Crippen LogP contribution in [-0.2, 0) is 22.6 Å². The Morgan fingerprint density at radius 3 is 2.62 bits per heavy atom. The largest absolute Gasteiger partial charge is 0.507 e. The van der Waals surface area contributed by atoms with Crippen molar-refractivity contribution in [2.45, 2.75) is 46.6 Å². The molecule has 1 aliphatic rings. The van der Waals surface area contributed by atoms with Gasteiger partial charge in [0.2, 0.25) is 0 Å². The molecule has 1 aromatic carbocycles. The quantitative estimate of drug-likeness (QED) is 0.763. The monoisotopic (exact) mass is 334 g/mol. The molecule has 1 aliphatic heterocycles. The molecular formula is C19H26O5. The lowest BCUT2D eigenvalue weighted by molar-refractivity contribution is -0.136. The molecule has 5 nitrogen and oxygen atoms in total. The van der Waals surface area contributed by atoms with Gasteiger partial charge in [-0.3, -0.25) is 4.79 Å². The molecule has 24 heavy (non-hydrogen) atoms. The van der Waals surface area contributed by atoms with Crippen LogP contribution in [0.1, 0.15) is 48.9 Å². The molecule has 2 rings (SSSR count). The van der Waals surface area contributed by atoms with E-state index in [0.29, 0.717) is 42.1 Å². The number of carboxylic acid groups (broad SMARTS) is 1. The number of phenolic OH excluding ortho intramolecular Hbond substituents is 1. The van der Waals surface area contributed by atoms with Crippen LogP contribution in [0.4, 0.5) is 0 Å². The predicted octanol–water partition coefficient (Wildman–Crippen LogP) is 4.20. The molecule has 132 valence electrons. The van der Waals surface area contributed by atoms with Gasteiger partial charge in [0, 0.05) is 17.5 Å². The number of aliphatic carboxylic acids is 1. The van der Waals surface area contributed by atoms with E-state index < -0.39 is 5.97 Å². The first-order valence-electron chi connectivity index (χ1n) is 8.07. The summed E-state index contributed by atoms with van der Waals surface area (Å²) in [5.74, 6) is 0.404. The fourth-order valence-electron chi connectivity index (χ4n) is 2.66. The smallest absolute Gasteiger partial charge is 0.303 e. The Bertz CT molecular complexity index is 644. The Morgan fingerprint density at radius 1 is 1.38 bits per heavy atom. The van der Waals surface area contributed by atoms with Gasteiger partial charge in [-0.05, 0) is 25.3 Å². The summed E-state index contributed by atoms with van der Waals surface area (Å²) in [5.41, 5.74) is 3.14. The molecule has 0 radical (unpaired) electrons. The van der Waals surface area contributed by atoms with E-state index in [2.05, 4.69) is 6.58 Å². The number of allylic oxidation sites excluding steroid dienone is 2. The summed E-state index contributed by atoms with van der Waals surface area (Å²) in [5, 5.41) is 19.1. The standard InChI is InChI=1S/C17H20O5.C2H6/c1-10-13-9-22-11(2)15(13)16(20)12(17(10)21-3)7-5-4-6-8-14(18)19;1-2/h4-5,20H,2,6-9H2,1,3H3,(H,18,19);1-2H3/b5-4+;. The highest BCUT2D eigenvalue weighted by Gasteiger charge is 2.28. The molecular weight excluding hydrogens is 308 g/mol. The summed E-state index contributed by atoms with van der Waals surface area (Å²) in [6.45, 7) is 10.1. The highest BCUT2D eigenvalue weighted by molar-refractivity contribution is 5.75. The Hall–Kier alpha value is -2.43. The lowest BCUT2D eigenvalue weighted by Crippen LogP contribution is -2.00. The number of methoxy groups -OCH3 is 1. The zero-order valence-electron chi connectivity index (χ0n) is 14.8. The van der Waals surface area contributed by atoms with E-state index in [4.69, 9.17) is 14.6 Å². The van der Waals surface area contributed by atoms with Crippen LogP contribution >= 0.6 is 0 Å². The molecule has 2 N–H and O–H groups in total. The van der Waals surface area contributed by atoms with Gasteiger partial charge in [-0.15, -0.1) is 0 Å². The number of hydrogen-bond acceptors (Lipinski definition) is 4. The van der Waals surface area contributed by atoms with E-state index in [1.54, 1.807) is 13.2 Å². The minimum Gasteiger partial charge on any atom is -0.507 e. The van der Waals surface area contributed by atoms with Crippen LogP contribution < -0.4 is 4.74 Å². The van der Waals surface area contributed by atoms with E-state index in [0.717, 1.165) is 11.1 Å². The summed E-state index contributed by atoms with van der Waals surface area (Å²) in [6, 6.07) is 0. The number of benzene rings is 1. The molecule has 0 spiro atoms. The molecule has 0 aromatic heterocycles. The summed E-state index contributed by atoms with van der Waals surface area (Å²) in [6.07, 6.45) is 4.63. The molecule has 0 saturated carbocycles. The van der Waals surface area contributed by atoms with E-state index in [1.807, 2.05) is 26.8 Å². The number of carbonyl (C=O) groups is 1. The summed E-state index contributed by atoms with van der Waals surface area (Å²) >= 11 is 0. The lowest BCUT2D eigenvalue weighted by Gasteiger charge is -2.16. The van der Waals surface area contributed by atoms with E-state index in [9.17, 15) is 9.90 Å². The lowest BCUT2D eigenvalue weighted by atomic mass is 9.94. The van der Waals surface area contributed by atoms with Crippen molar-refractivity contribution in [3.63, 3.8) is 0 Å². The average molecular weight is 334 g/mol. The van der Waals surface area contributed by atoms with Gasteiger partial charge in [0.25, 0.3) is 0 Å². The molecule has 0 atom stereocenters. The number of ether oxygens (including phenoxy) is 2. The Balaban J connectivity index is 0.00000139. The van der Waals surface area contributed by atoms with Crippen LogP contribution in [0.2, 0.25) is 0 Å². The molecule has 0 unspecified atom stereocenters. The first-order valence-corrected chi connectivity index (χ1v) is 8.07. The first-order chi connectivity index (χ1) is 11.5. The van der Waals surface area contributed by atoms with Crippen molar-refractivity contribution in [1.29, 1.82) is 0 Å².